The number of aromatic amines is 3. The Morgan fingerprint density at radius 1 is 0.939 bits per heavy atom. The van der Waals surface area contributed by atoms with Gasteiger partial charge in [0.15, 0.2) is 11.0 Å². The highest BCUT2D eigenvalue weighted by molar-refractivity contribution is 6.14. The van der Waals surface area contributed by atoms with Crippen molar-refractivity contribution >= 4 is 33.1 Å². The molecule has 8 heteroatoms. The van der Waals surface area contributed by atoms with Gasteiger partial charge in [-0.25, -0.2) is 0 Å². The molecule has 0 bridgehead atoms. The molecule has 0 amide bonds. The van der Waals surface area contributed by atoms with Crippen molar-refractivity contribution in [2.24, 2.45) is 0 Å². The number of rotatable bonds is 2. The van der Waals surface area contributed by atoms with Crippen molar-refractivity contribution in [2.75, 3.05) is 0 Å². The number of fused-ring (bicyclic) bond motifs is 4. The third-order valence-corrected chi connectivity index (χ3v) is 6.84. The predicted octanol–water partition coefficient (Wildman–Crippen LogP) is 4.56. The van der Waals surface area contributed by atoms with Crippen molar-refractivity contribution in [1.82, 2.24) is 19.7 Å². The quantitative estimate of drug-likeness (QED) is 0.370. The minimum atomic E-state index is -0.311. The SMILES string of the molecule is O=c1ccc2c(c1)oc1c(-c3ccc[nH]c3=O)c3c(=O)[nH]n(C4CCCCCCC4)c3[nH]c12. The van der Waals surface area contributed by atoms with Gasteiger partial charge in [-0.15, -0.1) is 0 Å². The standard InChI is InChI=1S/C25H24N4O4/c30-15-10-11-16-18(13-15)33-22-19(17-9-6-12-26-24(17)31)20-23(27-21(16)22)29(28-25(20)32)14-7-4-2-1-3-5-8-14/h6,9-14,27H,1-5,7-8H2,(H,26,31)(H,28,32). The monoisotopic (exact) mass is 444 g/mol. The van der Waals surface area contributed by atoms with Crippen molar-refractivity contribution in [3.63, 3.8) is 0 Å². The van der Waals surface area contributed by atoms with Crippen LogP contribution < -0.4 is 16.5 Å². The number of furan rings is 1. The maximum absolute atomic E-state index is 13.3. The largest absolute Gasteiger partial charge is 0.454 e. The van der Waals surface area contributed by atoms with Gasteiger partial charge >= 0.3 is 0 Å². The fourth-order valence-electron chi connectivity index (χ4n) is 5.25. The van der Waals surface area contributed by atoms with E-state index in [9.17, 15) is 14.4 Å². The second-order valence-corrected chi connectivity index (χ2v) is 8.91. The van der Waals surface area contributed by atoms with E-state index in [0.29, 0.717) is 38.8 Å². The molecule has 0 atom stereocenters. The van der Waals surface area contributed by atoms with Gasteiger partial charge in [0, 0.05) is 23.2 Å². The summed E-state index contributed by atoms with van der Waals surface area (Å²) in [4.78, 5) is 44.2. The number of pyridine rings is 2. The Labute approximate surface area is 187 Å². The summed E-state index contributed by atoms with van der Waals surface area (Å²) in [6.45, 7) is 0. The molecule has 0 spiro atoms. The molecule has 1 fully saturated rings. The lowest BCUT2D eigenvalue weighted by atomic mass is 9.97. The first-order valence-electron chi connectivity index (χ1n) is 11.5. The summed E-state index contributed by atoms with van der Waals surface area (Å²) in [5.41, 5.74) is 2.16. The smallest absolute Gasteiger partial charge is 0.274 e. The zero-order chi connectivity index (χ0) is 22.5. The zero-order valence-electron chi connectivity index (χ0n) is 18.1. The van der Waals surface area contributed by atoms with Crippen LogP contribution in [0, 0.1) is 0 Å². The minimum Gasteiger partial charge on any atom is -0.454 e. The highest BCUT2D eigenvalue weighted by Crippen LogP contribution is 2.38. The van der Waals surface area contributed by atoms with Crippen LogP contribution in [0.25, 0.3) is 44.2 Å². The molecule has 4 heterocycles. The lowest BCUT2D eigenvalue weighted by Gasteiger charge is -2.21. The van der Waals surface area contributed by atoms with E-state index in [1.54, 1.807) is 24.4 Å². The molecule has 5 aromatic rings. The molecule has 1 aliphatic carbocycles. The van der Waals surface area contributed by atoms with Crippen molar-refractivity contribution in [3.8, 4) is 11.1 Å². The molecule has 0 saturated heterocycles. The molecule has 168 valence electrons. The molecule has 3 N–H and O–H groups in total. The molecule has 8 nitrogen and oxygen atoms in total. The summed E-state index contributed by atoms with van der Waals surface area (Å²) in [6, 6.07) is 8.21. The number of H-pyrrole nitrogens is 3. The number of benzene rings is 1. The van der Waals surface area contributed by atoms with E-state index in [2.05, 4.69) is 15.1 Å². The van der Waals surface area contributed by atoms with Gasteiger partial charge in [-0.05, 0) is 37.1 Å². The Balaban J connectivity index is 1.74. The molecule has 1 saturated carbocycles. The third kappa shape index (κ3) is 3.16. The molecule has 1 aromatic carbocycles. The van der Waals surface area contributed by atoms with Gasteiger partial charge in [0.1, 0.15) is 11.2 Å². The van der Waals surface area contributed by atoms with Gasteiger partial charge in [-0.3, -0.25) is 24.2 Å². The van der Waals surface area contributed by atoms with Crippen LogP contribution in [-0.4, -0.2) is 19.7 Å². The molecule has 4 aromatic heterocycles. The number of hydrogen-bond acceptors (Lipinski definition) is 4. The van der Waals surface area contributed by atoms with Gasteiger partial charge in [-0.2, -0.15) is 0 Å². The van der Waals surface area contributed by atoms with Gasteiger partial charge in [-0.1, -0.05) is 32.1 Å². The minimum absolute atomic E-state index is 0.164. The van der Waals surface area contributed by atoms with Crippen molar-refractivity contribution in [3.05, 3.63) is 67.5 Å². The number of hydrogen-bond donors (Lipinski definition) is 3. The Morgan fingerprint density at radius 2 is 1.73 bits per heavy atom. The van der Waals surface area contributed by atoms with Crippen LogP contribution in [0.15, 0.2) is 55.3 Å². The Hall–Kier alpha value is -3.81. The predicted molar refractivity (Wildman–Crippen MR) is 128 cm³/mol. The average Bonchev–Trinajstić information content (AvgIpc) is 3.30. The number of nitrogens with zero attached hydrogens (tertiary/aromatic N) is 1. The molecular formula is C25H24N4O4. The summed E-state index contributed by atoms with van der Waals surface area (Å²) >= 11 is 0. The first-order chi connectivity index (χ1) is 16.1. The van der Waals surface area contributed by atoms with Crippen molar-refractivity contribution < 1.29 is 4.42 Å². The van der Waals surface area contributed by atoms with Crippen LogP contribution in [-0.2, 0) is 0 Å². The number of nitrogens with one attached hydrogen (secondary N) is 3. The maximum atomic E-state index is 13.3. The second-order valence-electron chi connectivity index (χ2n) is 8.91. The molecular weight excluding hydrogens is 420 g/mol. The van der Waals surface area contributed by atoms with Crippen LogP contribution in [0.1, 0.15) is 51.0 Å². The highest BCUT2D eigenvalue weighted by Gasteiger charge is 2.25. The Morgan fingerprint density at radius 3 is 2.52 bits per heavy atom. The van der Waals surface area contributed by atoms with Crippen LogP contribution in [0.3, 0.4) is 0 Å². The molecule has 0 unspecified atom stereocenters. The van der Waals surface area contributed by atoms with E-state index < -0.39 is 0 Å². The zero-order valence-corrected chi connectivity index (χ0v) is 18.1. The molecule has 0 radical (unpaired) electrons. The fraction of sp³-hybridized carbons (Fsp3) is 0.320. The summed E-state index contributed by atoms with van der Waals surface area (Å²) in [7, 11) is 0. The summed E-state index contributed by atoms with van der Waals surface area (Å²) < 4.78 is 8.03. The lowest BCUT2D eigenvalue weighted by molar-refractivity contribution is 0.353. The van der Waals surface area contributed by atoms with E-state index in [0.717, 1.165) is 31.1 Å². The van der Waals surface area contributed by atoms with E-state index >= 15 is 0 Å². The van der Waals surface area contributed by atoms with Crippen molar-refractivity contribution in [2.45, 2.75) is 51.0 Å². The van der Waals surface area contributed by atoms with Gasteiger partial charge in [0.25, 0.3) is 11.1 Å². The summed E-state index contributed by atoms with van der Waals surface area (Å²) in [6.07, 6.45) is 9.40. The molecule has 1 aliphatic rings. The Bertz CT molecular complexity index is 1670. The lowest BCUT2D eigenvalue weighted by Crippen LogP contribution is -2.15. The van der Waals surface area contributed by atoms with Crippen LogP contribution in [0.2, 0.25) is 0 Å². The van der Waals surface area contributed by atoms with E-state index in [1.807, 2.05) is 4.68 Å². The molecule has 33 heavy (non-hydrogen) atoms. The molecule has 6 rings (SSSR count). The van der Waals surface area contributed by atoms with Crippen LogP contribution in [0.4, 0.5) is 0 Å². The van der Waals surface area contributed by atoms with Crippen molar-refractivity contribution in [1.29, 1.82) is 0 Å². The topological polar surface area (TPSA) is 117 Å². The fourth-order valence-corrected chi connectivity index (χ4v) is 5.25. The summed E-state index contributed by atoms with van der Waals surface area (Å²) in [5.74, 6) is 0. The first-order valence-corrected chi connectivity index (χ1v) is 11.5. The van der Waals surface area contributed by atoms with Gasteiger partial charge in [0.2, 0.25) is 0 Å². The van der Waals surface area contributed by atoms with E-state index in [-0.39, 0.29) is 22.6 Å². The Kier molecular flexibility index (Phi) is 4.60. The maximum Gasteiger partial charge on any atom is 0.274 e. The normalized spacial score (nSPS) is 15.9. The highest BCUT2D eigenvalue weighted by atomic mass is 16.3. The average molecular weight is 444 g/mol. The number of aromatic nitrogens is 4. The molecule has 0 aliphatic heterocycles. The van der Waals surface area contributed by atoms with Crippen LogP contribution >= 0.6 is 0 Å². The van der Waals surface area contributed by atoms with Gasteiger partial charge < -0.3 is 14.4 Å². The van der Waals surface area contributed by atoms with E-state index in [4.69, 9.17) is 4.42 Å². The van der Waals surface area contributed by atoms with Gasteiger partial charge in [0.05, 0.1) is 22.5 Å². The van der Waals surface area contributed by atoms with Crippen LogP contribution in [0.5, 0.6) is 0 Å². The first kappa shape index (κ1) is 19.8. The second kappa shape index (κ2) is 7.65. The van der Waals surface area contributed by atoms with E-state index in [1.165, 1.54) is 31.4 Å². The third-order valence-electron chi connectivity index (χ3n) is 6.84. The summed E-state index contributed by atoms with van der Waals surface area (Å²) in [5, 5.41) is 4.17.